The van der Waals surface area contributed by atoms with Gasteiger partial charge in [-0.05, 0) is 44.4 Å². The van der Waals surface area contributed by atoms with Crippen LogP contribution >= 0.6 is 0 Å². The molecule has 1 heterocycles. The van der Waals surface area contributed by atoms with Crippen molar-refractivity contribution in [2.45, 2.75) is 50.7 Å². The Morgan fingerprint density at radius 1 is 1.12 bits per heavy atom. The first kappa shape index (κ1) is 27.6. The van der Waals surface area contributed by atoms with E-state index in [0.29, 0.717) is 49.0 Å². The molecule has 10 nitrogen and oxygen atoms in total. The van der Waals surface area contributed by atoms with Crippen LogP contribution in [0.1, 0.15) is 37.9 Å². The highest BCUT2D eigenvalue weighted by molar-refractivity contribution is 5.83. The predicted molar refractivity (Wildman–Crippen MR) is 111 cm³/mol. The van der Waals surface area contributed by atoms with E-state index in [1.165, 1.54) is 0 Å². The molecule has 0 radical (unpaired) electrons. The number of carboxylic acids is 2. The Morgan fingerprint density at radius 2 is 1.76 bits per heavy atom. The molecule has 1 amide bonds. The molecule has 1 aromatic heterocycles. The summed E-state index contributed by atoms with van der Waals surface area (Å²) < 4.78 is 31.7. The molecule has 13 heteroatoms. The number of nitrogens with one attached hydrogen (secondary N) is 2. The van der Waals surface area contributed by atoms with Gasteiger partial charge in [0, 0.05) is 12.8 Å². The standard InChI is InChI=1S/C18H24N4O4.C2HF3O2/c19-11-4-3-8-14(18(25)26)21-16(23)10-5-9-15-20-13-7-2-1-6-12(13)17(24)22-15;3-2(4,5)1(6)7/h1-2,6-7,14H,3-5,8-11,19H2,(H,21,23)(H,25,26)(H,20,22,24);(H,6,7)/t14-;/m0./s1. The Bertz CT molecular complexity index is 1010. The molecule has 1 atom stereocenters. The lowest BCUT2D eigenvalue weighted by Gasteiger charge is -2.14. The van der Waals surface area contributed by atoms with Gasteiger partial charge in [0.2, 0.25) is 5.91 Å². The van der Waals surface area contributed by atoms with E-state index >= 15 is 0 Å². The van der Waals surface area contributed by atoms with Gasteiger partial charge >= 0.3 is 18.1 Å². The number of amides is 1. The third kappa shape index (κ3) is 10.1. The summed E-state index contributed by atoms with van der Waals surface area (Å²) >= 11 is 0. The molecule has 1 aromatic carbocycles. The third-order valence-corrected chi connectivity index (χ3v) is 4.30. The minimum atomic E-state index is -5.08. The first-order chi connectivity index (χ1) is 15.5. The molecular weight excluding hydrogens is 449 g/mol. The number of aromatic nitrogens is 2. The van der Waals surface area contributed by atoms with Crippen molar-refractivity contribution >= 4 is 28.7 Å². The van der Waals surface area contributed by atoms with E-state index in [2.05, 4.69) is 15.3 Å². The van der Waals surface area contributed by atoms with Crippen LogP contribution in [-0.2, 0) is 20.8 Å². The summed E-state index contributed by atoms with van der Waals surface area (Å²) in [5.74, 6) is -3.61. The smallest absolute Gasteiger partial charge is 0.480 e. The predicted octanol–water partition coefficient (Wildman–Crippen LogP) is 1.58. The van der Waals surface area contributed by atoms with Crippen LogP contribution in [0.2, 0.25) is 0 Å². The number of nitrogens with two attached hydrogens (primary N) is 1. The van der Waals surface area contributed by atoms with Crippen molar-refractivity contribution in [3.63, 3.8) is 0 Å². The van der Waals surface area contributed by atoms with E-state index < -0.39 is 24.2 Å². The molecule has 2 rings (SSSR count). The number of aryl methyl sites for hydroxylation is 1. The Hall–Kier alpha value is -3.48. The molecule has 6 N–H and O–H groups in total. The van der Waals surface area contributed by atoms with Gasteiger partial charge in [0.25, 0.3) is 5.56 Å². The van der Waals surface area contributed by atoms with Crippen LogP contribution in [0.5, 0.6) is 0 Å². The number of carboxylic acid groups (broad SMARTS) is 2. The highest BCUT2D eigenvalue weighted by Gasteiger charge is 2.38. The Kier molecular flexibility index (Phi) is 11.0. The highest BCUT2D eigenvalue weighted by Crippen LogP contribution is 2.13. The van der Waals surface area contributed by atoms with Crippen LogP contribution < -0.4 is 16.6 Å². The lowest BCUT2D eigenvalue weighted by molar-refractivity contribution is -0.192. The van der Waals surface area contributed by atoms with E-state index in [9.17, 15) is 27.6 Å². The first-order valence-corrected chi connectivity index (χ1v) is 9.96. The van der Waals surface area contributed by atoms with Gasteiger partial charge in [-0.15, -0.1) is 0 Å². The molecule has 0 bridgehead atoms. The zero-order valence-electron chi connectivity index (χ0n) is 17.5. The molecule has 0 aliphatic rings. The van der Waals surface area contributed by atoms with Gasteiger partial charge < -0.3 is 26.2 Å². The van der Waals surface area contributed by atoms with Crippen LogP contribution in [0.4, 0.5) is 13.2 Å². The number of aromatic amines is 1. The van der Waals surface area contributed by atoms with Crippen LogP contribution in [0.3, 0.4) is 0 Å². The zero-order chi connectivity index (χ0) is 25.0. The number of alkyl halides is 3. The molecule has 182 valence electrons. The lowest BCUT2D eigenvalue weighted by atomic mass is 10.1. The largest absolute Gasteiger partial charge is 0.490 e. The summed E-state index contributed by atoms with van der Waals surface area (Å²) in [6.07, 6.45) is -2.30. The summed E-state index contributed by atoms with van der Waals surface area (Å²) in [6, 6.07) is 6.15. The molecule has 0 unspecified atom stereocenters. The summed E-state index contributed by atoms with van der Waals surface area (Å²) in [5.41, 5.74) is 5.80. The van der Waals surface area contributed by atoms with Gasteiger partial charge in [0.1, 0.15) is 11.9 Å². The number of fused-ring (bicyclic) bond motifs is 1. The second kappa shape index (κ2) is 13.2. The molecule has 0 saturated carbocycles. The van der Waals surface area contributed by atoms with Crippen molar-refractivity contribution in [3.05, 3.63) is 40.4 Å². The Balaban J connectivity index is 0.000000675. The number of halogens is 3. The SMILES string of the molecule is NCCCC[C@H](NC(=O)CCCc1nc2ccccc2c(=O)[nH]1)C(=O)O.O=C(O)C(F)(F)F. The summed E-state index contributed by atoms with van der Waals surface area (Å²) in [7, 11) is 0. The average Bonchev–Trinajstić information content (AvgIpc) is 2.73. The highest BCUT2D eigenvalue weighted by atomic mass is 19.4. The molecular formula is C20H25F3N4O6. The van der Waals surface area contributed by atoms with Gasteiger partial charge in [-0.2, -0.15) is 13.2 Å². The molecule has 0 spiro atoms. The van der Waals surface area contributed by atoms with Crippen molar-refractivity contribution in [2.75, 3.05) is 6.54 Å². The van der Waals surface area contributed by atoms with Gasteiger partial charge in [0.15, 0.2) is 0 Å². The number of rotatable bonds is 10. The molecule has 0 aliphatic heterocycles. The first-order valence-electron chi connectivity index (χ1n) is 9.96. The number of nitrogens with zero attached hydrogens (tertiary/aromatic N) is 1. The Morgan fingerprint density at radius 3 is 2.33 bits per heavy atom. The van der Waals surface area contributed by atoms with E-state index in [1.807, 2.05) is 6.07 Å². The number of benzene rings is 1. The topological polar surface area (TPSA) is 175 Å². The number of aliphatic carboxylic acids is 2. The summed E-state index contributed by atoms with van der Waals surface area (Å²) in [5, 5.41) is 19.3. The van der Waals surface area contributed by atoms with Crippen molar-refractivity contribution < 1.29 is 37.8 Å². The molecule has 0 aliphatic carbocycles. The van der Waals surface area contributed by atoms with Crippen molar-refractivity contribution in [1.29, 1.82) is 0 Å². The Labute approximate surface area is 186 Å². The average molecular weight is 474 g/mol. The van der Waals surface area contributed by atoms with E-state index in [4.69, 9.17) is 20.7 Å². The van der Waals surface area contributed by atoms with Gasteiger partial charge in [0.05, 0.1) is 10.9 Å². The van der Waals surface area contributed by atoms with Crippen LogP contribution in [0, 0.1) is 0 Å². The van der Waals surface area contributed by atoms with Crippen LogP contribution in [0.25, 0.3) is 10.9 Å². The maximum atomic E-state index is 12.0. The summed E-state index contributed by atoms with van der Waals surface area (Å²) in [4.78, 5) is 51.1. The molecule has 0 fully saturated rings. The number of unbranched alkanes of at least 4 members (excludes halogenated alkanes) is 1. The molecule has 2 aromatic rings. The van der Waals surface area contributed by atoms with Crippen LogP contribution in [0.15, 0.2) is 29.1 Å². The van der Waals surface area contributed by atoms with E-state index in [0.717, 1.165) is 6.42 Å². The number of carbonyl (C=O) groups is 3. The number of hydrogen-bond donors (Lipinski definition) is 5. The molecule has 33 heavy (non-hydrogen) atoms. The normalized spacial score (nSPS) is 11.9. The number of hydrogen-bond acceptors (Lipinski definition) is 6. The summed E-state index contributed by atoms with van der Waals surface area (Å²) in [6.45, 7) is 0.497. The number of H-pyrrole nitrogens is 1. The van der Waals surface area contributed by atoms with Gasteiger partial charge in [-0.1, -0.05) is 12.1 Å². The fourth-order valence-electron chi connectivity index (χ4n) is 2.69. The number of carbonyl (C=O) groups excluding carboxylic acids is 1. The second-order valence-corrected chi connectivity index (χ2v) is 6.93. The van der Waals surface area contributed by atoms with E-state index in [-0.39, 0.29) is 17.9 Å². The number of para-hydroxylation sites is 1. The zero-order valence-corrected chi connectivity index (χ0v) is 17.5. The van der Waals surface area contributed by atoms with E-state index in [1.54, 1.807) is 18.2 Å². The van der Waals surface area contributed by atoms with Crippen LogP contribution in [-0.4, -0.2) is 56.8 Å². The van der Waals surface area contributed by atoms with Gasteiger partial charge in [-0.3, -0.25) is 9.59 Å². The quantitative estimate of drug-likeness (QED) is 0.322. The third-order valence-electron chi connectivity index (χ3n) is 4.30. The fourth-order valence-corrected chi connectivity index (χ4v) is 2.69. The molecule has 0 saturated heterocycles. The van der Waals surface area contributed by atoms with Crippen molar-refractivity contribution in [2.24, 2.45) is 5.73 Å². The maximum absolute atomic E-state index is 12.0. The lowest BCUT2D eigenvalue weighted by Crippen LogP contribution is -2.40. The van der Waals surface area contributed by atoms with Crippen molar-refractivity contribution in [3.8, 4) is 0 Å². The fraction of sp³-hybridized carbons (Fsp3) is 0.450. The second-order valence-electron chi connectivity index (χ2n) is 6.93. The monoisotopic (exact) mass is 474 g/mol. The maximum Gasteiger partial charge on any atom is 0.490 e. The minimum absolute atomic E-state index is 0.164. The van der Waals surface area contributed by atoms with Gasteiger partial charge in [-0.25, -0.2) is 14.6 Å². The minimum Gasteiger partial charge on any atom is -0.480 e. The van der Waals surface area contributed by atoms with Crippen molar-refractivity contribution in [1.82, 2.24) is 15.3 Å².